The first-order valence-corrected chi connectivity index (χ1v) is 9.06. The van der Waals surface area contributed by atoms with Gasteiger partial charge in [0, 0.05) is 13.2 Å². The standard InChI is InChI=1S/C21H29N3O3/c1-4-27-15-18-7-5-17(6-8-18)14-24-21(22)23-12-11-16-9-10-19(25-2)20(13-16)26-3/h5-10,13H,4,11-12,14-15H2,1-3H3,(H3,22,23,24). The third-order valence-corrected chi connectivity index (χ3v) is 4.10. The zero-order valence-corrected chi connectivity index (χ0v) is 16.3. The number of methoxy groups -OCH3 is 2. The van der Waals surface area contributed by atoms with Gasteiger partial charge in [-0.15, -0.1) is 0 Å². The van der Waals surface area contributed by atoms with Gasteiger partial charge in [-0.25, -0.2) is 4.99 Å². The molecule has 6 heteroatoms. The Kier molecular flexibility index (Phi) is 8.45. The van der Waals surface area contributed by atoms with Crippen molar-refractivity contribution in [1.29, 1.82) is 0 Å². The van der Waals surface area contributed by atoms with Crippen LogP contribution >= 0.6 is 0 Å². The Hall–Kier alpha value is -2.73. The molecule has 2 rings (SSSR count). The van der Waals surface area contributed by atoms with Crippen molar-refractivity contribution in [3.05, 3.63) is 59.2 Å². The van der Waals surface area contributed by atoms with Crippen LogP contribution in [0.1, 0.15) is 23.6 Å². The second kappa shape index (κ2) is 11.1. The molecule has 0 heterocycles. The second-order valence-electron chi connectivity index (χ2n) is 6.02. The minimum absolute atomic E-state index is 0.439. The number of ether oxygens (including phenoxy) is 3. The second-order valence-corrected chi connectivity index (χ2v) is 6.02. The fraction of sp³-hybridized carbons (Fsp3) is 0.381. The maximum Gasteiger partial charge on any atom is 0.188 e. The predicted molar refractivity (Wildman–Crippen MR) is 108 cm³/mol. The Morgan fingerprint density at radius 1 is 0.963 bits per heavy atom. The molecule has 0 saturated carbocycles. The lowest BCUT2D eigenvalue weighted by atomic mass is 10.1. The quantitative estimate of drug-likeness (QED) is 0.496. The van der Waals surface area contributed by atoms with Gasteiger partial charge in [-0.2, -0.15) is 0 Å². The first-order chi connectivity index (χ1) is 13.2. The molecule has 0 radical (unpaired) electrons. The van der Waals surface area contributed by atoms with Gasteiger partial charge in [-0.05, 0) is 42.2 Å². The average molecular weight is 371 g/mol. The highest BCUT2D eigenvalue weighted by molar-refractivity contribution is 5.77. The number of nitrogens with two attached hydrogens (primary N) is 1. The highest BCUT2D eigenvalue weighted by atomic mass is 16.5. The van der Waals surface area contributed by atoms with Crippen molar-refractivity contribution in [2.75, 3.05) is 27.4 Å². The third kappa shape index (κ3) is 6.83. The Bertz CT molecular complexity index is 730. The SMILES string of the molecule is CCOCc1ccc(CN=C(N)NCCc2ccc(OC)c(OC)c2)cc1. The van der Waals surface area contributed by atoms with E-state index in [1.54, 1.807) is 14.2 Å². The van der Waals surface area contributed by atoms with Crippen LogP contribution in [0.4, 0.5) is 0 Å². The third-order valence-electron chi connectivity index (χ3n) is 4.10. The van der Waals surface area contributed by atoms with Crippen molar-refractivity contribution in [3.8, 4) is 11.5 Å². The molecule has 2 aromatic rings. The van der Waals surface area contributed by atoms with Gasteiger partial charge in [0.1, 0.15) is 0 Å². The summed E-state index contributed by atoms with van der Waals surface area (Å²) >= 11 is 0. The molecule has 0 saturated heterocycles. The van der Waals surface area contributed by atoms with E-state index in [9.17, 15) is 0 Å². The Morgan fingerprint density at radius 3 is 2.30 bits per heavy atom. The number of hydrogen-bond donors (Lipinski definition) is 2. The number of hydrogen-bond acceptors (Lipinski definition) is 4. The summed E-state index contributed by atoms with van der Waals surface area (Å²) in [6.45, 7) is 4.59. The van der Waals surface area contributed by atoms with Gasteiger partial charge in [0.15, 0.2) is 17.5 Å². The highest BCUT2D eigenvalue weighted by Gasteiger charge is 2.04. The molecule has 0 amide bonds. The van der Waals surface area contributed by atoms with Crippen LogP contribution in [0, 0.1) is 0 Å². The molecule has 0 aliphatic rings. The summed E-state index contributed by atoms with van der Waals surface area (Å²) < 4.78 is 16.0. The number of rotatable bonds is 10. The van der Waals surface area contributed by atoms with E-state index in [-0.39, 0.29) is 0 Å². The van der Waals surface area contributed by atoms with Crippen molar-refractivity contribution < 1.29 is 14.2 Å². The molecule has 0 unspecified atom stereocenters. The Labute approximate surface area is 161 Å². The molecular formula is C21H29N3O3. The molecule has 0 atom stereocenters. The summed E-state index contributed by atoms with van der Waals surface area (Å²) in [6, 6.07) is 14.1. The molecule has 0 aromatic heterocycles. The molecule has 0 bridgehead atoms. The molecule has 27 heavy (non-hydrogen) atoms. The molecule has 2 aromatic carbocycles. The number of benzene rings is 2. The van der Waals surface area contributed by atoms with Crippen LogP contribution < -0.4 is 20.5 Å². The Morgan fingerprint density at radius 2 is 1.63 bits per heavy atom. The lowest BCUT2D eigenvalue weighted by Gasteiger charge is -2.10. The van der Waals surface area contributed by atoms with Crippen LogP contribution in [0.25, 0.3) is 0 Å². The molecule has 0 spiro atoms. The number of nitrogens with zero attached hydrogens (tertiary/aromatic N) is 1. The molecule has 6 nitrogen and oxygen atoms in total. The van der Waals surface area contributed by atoms with Gasteiger partial charge in [0.25, 0.3) is 0 Å². The minimum Gasteiger partial charge on any atom is -0.493 e. The number of nitrogens with one attached hydrogen (secondary N) is 1. The largest absolute Gasteiger partial charge is 0.493 e. The van der Waals surface area contributed by atoms with E-state index in [1.165, 1.54) is 0 Å². The van der Waals surface area contributed by atoms with Gasteiger partial charge in [0.2, 0.25) is 0 Å². The highest BCUT2D eigenvalue weighted by Crippen LogP contribution is 2.27. The van der Waals surface area contributed by atoms with E-state index in [0.717, 1.165) is 41.2 Å². The van der Waals surface area contributed by atoms with Crippen molar-refractivity contribution in [2.24, 2.45) is 10.7 Å². The molecule has 0 fully saturated rings. The van der Waals surface area contributed by atoms with Gasteiger partial charge < -0.3 is 25.3 Å². The maximum absolute atomic E-state index is 5.96. The lowest BCUT2D eigenvalue weighted by molar-refractivity contribution is 0.134. The van der Waals surface area contributed by atoms with E-state index in [2.05, 4.69) is 34.6 Å². The lowest BCUT2D eigenvalue weighted by Crippen LogP contribution is -2.33. The van der Waals surface area contributed by atoms with Crippen molar-refractivity contribution in [3.63, 3.8) is 0 Å². The summed E-state index contributed by atoms with van der Waals surface area (Å²) in [5, 5.41) is 3.14. The number of guanidine groups is 1. The van der Waals surface area contributed by atoms with Gasteiger partial charge in [0.05, 0.1) is 27.4 Å². The molecule has 0 aliphatic carbocycles. The first-order valence-electron chi connectivity index (χ1n) is 9.06. The zero-order valence-electron chi connectivity index (χ0n) is 16.3. The van der Waals surface area contributed by atoms with Crippen LogP contribution in [-0.2, 0) is 24.3 Å². The van der Waals surface area contributed by atoms with E-state index < -0.39 is 0 Å². The minimum atomic E-state index is 0.439. The fourth-order valence-corrected chi connectivity index (χ4v) is 2.56. The van der Waals surface area contributed by atoms with Gasteiger partial charge in [-0.3, -0.25) is 0 Å². The molecule has 0 aliphatic heterocycles. The monoisotopic (exact) mass is 371 g/mol. The fourth-order valence-electron chi connectivity index (χ4n) is 2.56. The van der Waals surface area contributed by atoms with Crippen LogP contribution in [0.5, 0.6) is 11.5 Å². The van der Waals surface area contributed by atoms with E-state index >= 15 is 0 Å². The molecule has 3 N–H and O–H groups in total. The summed E-state index contributed by atoms with van der Waals surface area (Å²) in [7, 11) is 3.26. The van der Waals surface area contributed by atoms with Crippen LogP contribution in [0.15, 0.2) is 47.5 Å². The summed E-state index contributed by atoms with van der Waals surface area (Å²) in [5.41, 5.74) is 9.36. The van der Waals surface area contributed by atoms with Crippen molar-refractivity contribution >= 4 is 5.96 Å². The predicted octanol–water partition coefficient (Wildman–Crippen LogP) is 2.89. The van der Waals surface area contributed by atoms with Gasteiger partial charge in [-0.1, -0.05) is 30.3 Å². The average Bonchev–Trinajstić information content (AvgIpc) is 2.71. The number of aliphatic imine (C=N–C) groups is 1. The van der Waals surface area contributed by atoms with Crippen LogP contribution in [-0.4, -0.2) is 33.3 Å². The van der Waals surface area contributed by atoms with Crippen LogP contribution in [0.2, 0.25) is 0 Å². The first kappa shape index (κ1) is 20.6. The summed E-state index contributed by atoms with van der Waals surface area (Å²) in [6.07, 6.45) is 0.808. The van der Waals surface area contributed by atoms with Crippen molar-refractivity contribution in [1.82, 2.24) is 5.32 Å². The molecule has 146 valence electrons. The topological polar surface area (TPSA) is 78.1 Å². The molecular weight excluding hydrogens is 342 g/mol. The van der Waals surface area contributed by atoms with E-state index in [4.69, 9.17) is 19.9 Å². The van der Waals surface area contributed by atoms with Crippen LogP contribution in [0.3, 0.4) is 0 Å². The van der Waals surface area contributed by atoms with Crippen molar-refractivity contribution in [2.45, 2.75) is 26.5 Å². The summed E-state index contributed by atoms with van der Waals surface area (Å²) in [4.78, 5) is 4.39. The van der Waals surface area contributed by atoms with E-state index in [1.807, 2.05) is 25.1 Å². The zero-order chi connectivity index (χ0) is 19.5. The summed E-state index contributed by atoms with van der Waals surface area (Å²) in [5.74, 6) is 1.89. The van der Waals surface area contributed by atoms with Gasteiger partial charge >= 0.3 is 0 Å². The normalized spacial score (nSPS) is 11.3. The smallest absolute Gasteiger partial charge is 0.188 e. The maximum atomic E-state index is 5.96. The van der Waals surface area contributed by atoms with E-state index in [0.29, 0.717) is 25.7 Å². The Balaban J connectivity index is 1.79.